The SMILES string of the molecule is CCCNC(COC(C)C)c1ccccc1CC. The summed E-state index contributed by atoms with van der Waals surface area (Å²) in [6.07, 6.45) is 2.50. The fourth-order valence-corrected chi connectivity index (χ4v) is 2.06. The van der Waals surface area contributed by atoms with E-state index in [-0.39, 0.29) is 6.10 Å². The van der Waals surface area contributed by atoms with Gasteiger partial charge in [0, 0.05) is 0 Å². The van der Waals surface area contributed by atoms with Crippen LogP contribution < -0.4 is 5.32 Å². The molecule has 0 saturated heterocycles. The topological polar surface area (TPSA) is 21.3 Å². The predicted molar refractivity (Wildman–Crippen MR) is 77.9 cm³/mol. The first-order valence-electron chi connectivity index (χ1n) is 7.11. The lowest BCUT2D eigenvalue weighted by atomic mass is 9.99. The third-order valence-electron chi connectivity index (χ3n) is 3.05. The summed E-state index contributed by atoms with van der Waals surface area (Å²) in [5.74, 6) is 0. The van der Waals surface area contributed by atoms with Gasteiger partial charge in [0.2, 0.25) is 0 Å². The number of rotatable bonds is 8. The zero-order chi connectivity index (χ0) is 13.4. The molecule has 1 rings (SSSR count). The van der Waals surface area contributed by atoms with E-state index in [4.69, 9.17) is 4.74 Å². The van der Waals surface area contributed by atoms with E-state index in [1.165, 1.54) is 11.1 Å². The average Bonchev–Trinajstić information content (AvgIpc) is 2.38. The van der Waals surface area contributed by atoms with Crippen LogP contribution in [-0.4, -0.2) is 19.3 Å². The van der Waals surface area contributed by atoms with Crippen molar-refractivity contribution >= 4 is 0 Å². The Balaban J connectivity index is 2.79. The Kier molecular flexibility index (Phi) is 6.99. The molecule has 102 valence electrons. The molecular weight excluding hydrogens is 222 g/mol. The van der Waals surface area contributed by atoms with Gasteiger partial charge < -0.3 is 10.1 Å². The van der Waals surface area contributed by atoms with Gasteiger partial charge in [0.15, 0.2) is 0 Å². The van der Waals surface area contributed by atoms with Gasteiger partial charge in [-0.2, -0.15) is 0 Å². The number of aryl methyl sites for hydroxylation is 1. The Morgan fingerprint density at radius 2 is 1.89 bits per heavy atom. The van der Waals surface area contributed by atoms with E-state index in [9.17, 15) is 0 Å². The summed E-state index contributed by atoms with van der Waals surface area (Å²) in [6, 6.07) is 8.97. The average molecular weight is 249 g/mol. The van der Waals surface area contributed by atoms with Gasteiger partial charge in [0.05, 0.1) is 18.8 Å². The third-order valence-corrected chi connectivity index (χ3v) is 3.05. The van der Waals surface area contributed by atoms with E-state index >= 15 is 0 Å². The molecule has 0 saturated carbocycles. The summed E-state index contributed by atoms with van der Waals surface area (Å²) >= 11 is 0. The smallest absolute Gasteiger partial charge is 0.0665 e. The largest absolute Gasteiger partial charge is 0.377 e. The van der Waals surface area contributed by atoms with E-state index < -0.39 is 0 Å². The van der Waals surface area contributed by atoms with Crippen LogP contribution >= 0.6 is 0 Å². The lowest BCUT2D eigenvalue weighted by molar-refractivity contribution is 0.0610. The predicted octanol–water partition coefficient (Wildman–Crippen LogP) is 3.71. The summed E-state index contributed by atoms with van der Waals surface area (Å²) in [7, 11) is 0. The van der Waals surface area contributed by atoms with Crippen LogP contribution in [0.4, 0.5) is 0 Å². The molecule has 0 aromatic heterocycles. The van der Waals surface area contributed by atoms with Crippen LogP contribution in [0.2, 0.25) is 0 Å². The molecular formula is C16H27NO. The van der Waals surface area contributed by atoms with Crippen LogP contribution in [0.15, 0.2) is 24.3 Å². The molecule has 2 nitrogen and oxygen atoms in total. The Morgan fingerprint density at radius 1 is 1.17 bits per heavy atom. The zero-order valence-corrected chi connectivity index (χ0v) is 12.2. The maximum atomic E-state index is 5.79. The van der Waals surface area contributed by atoms with Crippen molar-refractivity contribution in [2.45, 2.75) is 52.7 Å². The molecule has 18 heavy (non-hydrogen) atoms. The van der Waals surface area contributed by atoms with Gasteiger partial charge in [-0.15, -0.1) is 0 Å². The number of hydrogen-bond acceptors (Lipinski definition) is 2. The van der Waals surface area contributed by atoms with Crippen molar-refractivity contribution in [3.63, 3.8) is 0 Å². The van der Waals surface area contributed by atoms with Crippen molar-refractivity contribution in [2.75, 3.05) is 13.2 Å². The quantitative estimate of drug-likeness (QED) is 0.758. The summed E-state index contributed by atoms with van der Waals surface area (Å²) in [5.41, 5.74) is 2.80. The van der Waals surface area contributed by atoms with Gasteiger partial charge in [0.25, 0.3) is 0 Å². The number of nitrogens with one attached hydrogen (secondary N) is 1. The fraction of sp³-hybridized carbons (Fsp3) is 0.625. The standard InChI is InChI=1S/C16H27NO/c1-5-11-17-16(12-18-13(3)4)15-10-8-7-9-14(15)6-2/h7-10,13,16-17H,5-6,11-12H2,1-4H3. The first-order chi connectivity index (χ1) is 8.69. The lowest BCUT2D eigenvalue weighted by Gasteiger charge is -2.22. The second-order valence-corrected chi connectivity index (χ2v) is 4.94. The Labute approximate surface area is 112 Å². The minimum Gasteiger partial charge on any atom is -0.377 e. The summed E-state index contributed by atoms with van der Waals surface area (Å²) in [5, 5.41) is 3.59. The van der Waals surface area contributed by atoms with Gasteiger partial charge in [-0.25, -0.2) is 0 Å². The highest BCUT2D eigenvalue weighted by molar-refractivity contribution is 5.30. The molecule has 0 aliphatic heterocycles. The van der Waals surface area contributed by atoms with Crippen LogP contribution in [0.1, 0.15) is 51.3 Å². The van der Waals surface area contributed by atoms with Crippen molar-refractivity contribution < 1.29 is 4.74 Å². The molecule has 1 aromatic rings. The zero-order valence-electron chi connectivity index (χ0n) is 12.2. The van der Waals surface area contributed by atoms with Gasteiger partial charge in [-0.1, -0.05) is 38.1 Å². The highest BCUT2D eigenvalue weighted by Gasteiger charge is 2.14. The second-order valence-electron chi connectivity index (χ2n) is 4.94. The van der Waals surface area contributed by atoms with Crippen LogP contribution in [0.5, 0.6) is 0 Å². The highest BCUT2D eigenvalue weighted by atomic mass is 16.5. The normalized spacial score (nSPS) is 12.9. The minimum absolute atomic E-state index is 0.282. The van der Waals surface area contributed by atoms with Gasteiger partial charge in [-0.3, -0.25) is 0 Å². The van der Waals surface area contributed by atoms with Crippen molar-refractivity contribution in [3.05, 3.63) is 35.4 Å². The number of ether oxygens (including phenoxy) is 1. The molecule has 2 heteroatoms. The molecule has 0 bridgehead atoms. The molecule has 1 unspecified atom stereocenters. The first-order valence-corrected chi connectivity index (χ1v) is 7.11. The van der Waals surface area contributed by atoms with Crippen LogP contribution in [0.25, 0.3) is 0 Å². The van der Waals surface area contributed by atoms with Crippen molar-refractivity contribution in [1.82, 2.24) is 5.32 Å². The maximum absolute atomic E-state index is 5.79. The second kappa shape index (κ2) is 8.28. The molecule has 1 atom stereocenters. The summed E-state index contributed by atoms with van der Waals surface area (Å²) in [4.78, 5) is 0. The lowest BCUT2D eigenvalue weighted by Crippen LogP contribution is -2.28. The Hall–Kier alpha value is -0.860. The monoisotopic (exact) mass is 249 g/mol. The van der Waals surface area contributed by atoms with Crippen molar-refractivity contribution in [2.24, 2.45) is 0 Å². The maximum Gasteiger partial charge on any atom is 0.0665 e. The number of benzene rings is 1. The Morgan fingerprint density at radius 3 is 2.50 bits per heavy atom. The molecule has 1 aromatic carbocycles. The highest BCUT2D eigenvalue weighted by Crippen LogP contribution is 2.19. The van der Waals surface area contributed by atoms with E-state index in [0.717, 1.165) is 26.0 Å². The molecule has 0 fully saturated rings. The van der Waals surface area contributed by atoms with E-state index in [2.05, 4.69) is 57.3 Å². The first kappa shape index (κ1) is 15.2. The fourth-order valence-electron chi connectivity index (χ4n) is 2.06. The van der Waals surface area contributed by atoms with Crippen LogP contribution in [0, 0.1) is 0 Å². The molecule has 1 N–H and O–H groups in total. The van der Waals surface area contributed by atoms with Crippen LogP contribution in [-0.2, 0) is 11.2 Å². The van der Waals surface area contributed by atoms with Crippen LogP contribution in [0.3, 0.4) is 0 Å². The molecule has 0 aliphatic carbocycles. The van der Waals surface area contributed by atoms with E-state index in [1.54, 1.807) is 0 Å². The van der Waals surface area contributed by atoms with Gasteiger partial charge >= 0.3 is 0 Å². The van der Waals surface area contributed by atoms with Gasteiger partial charge in [0.1, 0.15) is 0 Å². The van der Waals surface area contributed by atoms with E-state index in [0.29, 0.717) is 6.04 Å². The number of hydrogen-bond donors (Lipinski definition) is 1. The van der Waals surface area contributed by atoms with Crippen molar-refractivity contribution in [1.29, 1.82) is 0 Å². The minimum atomic E-state index is 0.282. The Bertz CT molecular complexity index is 336. The van der Waals surface area contributed by atoms with Gasteiger partial charge in [-0.05, 0) is 44.4 Å². The van der Waals surface area contributed by atoms with E-state index in [1.807, 2.05) is 0 Å². The molecule has 0 aliphatic rings. The molecule has 0 heterocycles. The molecule has 0 amide bonds. The molecule has 0 spiro atoms. The summed E-state index contributed by atoms with van der Waals surface area (Å²) in [6.45, 7) is 10.3. The summed E-state index contributed by atoms with van der Waals surface area (Å²) < 4.78 is 5.79. The third kappa shape index (κ3) is 4.79. The molecule has 0 radical (unpaired) electrons. The van der Waals surface area contributed by atoms with Crippen molar-refractivity contribution in [3.8, 4) is 0 Å².